The second-order valence-corrected chi connectivity index (χ2v) is 7.71. The van der Waals surface area contributed by atoms with Gasteiger partial charge in [0.15, 0.2) is 0 Å². The van der Waals surface area contributed by atoms with E-state index in [0.717, 1.165) is 11.1 Å². The number of carbonyl (C=O) groups excluding carboxylic acids is 2. The lowest BCUT2D eigenvalue weighted by Crippen LogP contribution is -2.29. The first-order chi connectivity index (χ1) is 15.9. The Morgan fingerprint density at radius 1 is 1.12 bits per heavy atom. The van der Waals surface area contributed by atoms with Crippen LogP contribution in [0, 0.1) is 6.92 Å². The number of methoxy groups -OCH3 is 1. The van der Waals surface area contributed by atoms with Crippen LogP contribution in [0.1, 0.15) is 35.4 Å². The fraction of sp³-hybridized carbons (Fsp3) is 0.231. The van der Waals surface area contributed by atoms with Crippen molar-refractivity contribution in [1.29, 1.82) is 0 Å². The number of nitrogens with zero attached hydrogens (tertiary/aromatic N) is 1. The summed E-state index contributed by atoms with van der Waals surface area (Å²) >= 11 is 0. The molecule has 0 aliphatic carbocycles. The zero-order valence-corrected chi connectivity index (χ0v) is 18.7. The molecule has 0 bridgehead atoms. The van der Waals surface area contributed by atoms with Gasteiger partial charge in [-0.15, -0.1) is 0 Å². The summed E-state index contributed by atoms with van der Waals surface area (Å²) in [6.45, 7) is 4.39. The number of rotatable bonds is 7. The fourth-order valence-corrected chi connectivity index (χ4v) is 4.06. The number of benzene rings is 2. The third-order valence-electron chi connectivity index (χ3n) is 5.58. The summed E-state index contributed by atoms with van der Waals surface area (Å²) in [6.07, 6.45) is 1.47. The van der Waals surface area contributed by atoms with Gasteiger partial charge >= 0.3 is 0 Å². The first-order valence-corrected chi connectivity index (χ1v) is 10.6. The van der Waals surface area contributed by atoms with Crippen LogP contribution in [0.25, 0.3) is 5.76 Å². The monoisotopic (exact) mass is 447 g/mol. The third-order valence-corrected chi connectivity index (χ3v) is 5.58. The Morgan fingerprint density at radius 3 is 2.61 bits per heavy atom. The molecule has 1 aliphatic rings. The predicted octanol–water partition coefficient (Wildman–Crippen LogP) is 4.62. The number of aliphatic hydroxyl groups is 1. The van der Waals surface area contributed by atoms with Crippen molar-refractivity contribution >= 4 is 17.4 Å². The molecular weight excluding hydrogens is 422 g/mol. The molecule has 1 amide bonds. The van der Waals surface area contributed by atoms with Crippen LogP contribution in [0.4, 0.5) is 0 Å². The molecule has 2 heterocycles. The lowest BCUT2D eigenvalue weighted by Gasteiger charge is -2.23. The van der Waals surface area contributed by atoms with E-state index in [9.17, 15) is 14.7 Å². The van der Waals surface area contributed by atoms with E-state index < -0.39 is 17.7 Å². The average Bonchev–Trinajstić information content (AvgIpc) is 3.42. The van der Waals surface area contributed by atoms with Gasteiger partial charge in [0, 0.05) is 12.1 Å². The first-order valence-electron chi connectivity index (χ1n) is 10.6. The van der Waals surface area contributed by atoms with Crippen molar-refractivity contribution < 1.29 is 28.6 Å². The SMILES string of the molecule is CCOc1cccc(CN2C(=O)C(=O)/C(=C(\O)c3ccc(OC)c(C)c3)C2c2ccco2)c1. The van der Waals surface area contributed by atoms with Crippen LogP contribution in [-0.2, 0) is 16.1 Å². The second kappa shape index (κ2) is 9.24. The van der Waals surface area contributed by atoms with Crippen LogP contribution in [0.5, 0.6) is 11.5 Å². The smallest absolute Gasteiger partial charge is 0.296 e. The largest absolute Gasteiger partial charge is 0.507 e. The zero-order chi connectivity index (χ0) is 23.5. The van der Waals surface area contributed by atoms with Crippen molar-refractivity contribution in [2.24, 2.45) is 0 Å². The second-order valence-electron chi connectivity index (χ2n) is 7.71. The van der Waals surface area contributed by atoms with E-state index in [1.807, 2.05) is 38.1 Å². The van der Waals surface area contributed by atoms with E-state index in [2.05, 4.69) is 0 Å². The molecule has 33 heavy (non-hydrogen) atoms. The Balaban J connectivity index is 1.79. The maximum atomic E-state index is 13.1. The molecule has 1 N–H and O–H groups in total. The molecule has 1 fully saturated rings. The molecule has 1 aliphatic heterocycles. The summed E-state index contributed by atoms with van der Waals surface area (Å²) in [5.74, 6) is -0.0000418. The molecule has 0 radical (unpaired) electrons. The van der Waals surface area contributed by atoms with Crippen molar-refractivity contribution in [3.05, 3.63) is 88.9 Å². The van der Waals surface area contributed by atoms with Crippen molar-refractivity contribution in [3.63, 3.8) is 0 Å². The Hall–Kier alpha value is -4.00. The topological polar surface area (TPSA) is 89.2 Å². The highest BCUT2D eigenvalue weighted by atomic mass is 16.5. The number of Topliss-reactive ketones (excluding diaryl/α,β-unsaturated/α-hetero) is 1. The van der Waals surface area contributed by atoms with Crippen molar-refractivity contribution in [2.75, 3.05) is 13.7 Å². The standard InChI is InChI=1S/C26H25NO6/c1-4-32-19-8-5-7-17(14-19)15-27-23(21-9-6-12-33-21)22(25(29)26(27)30)24(28)18-10-11-20(31-3)16(2)13-18/h5-14,23,28H,4,15H2,1-3H3/b24-22-. The summed E-state index contributed by atoms with van der Waals surface area (Å²) in [6, 6.07) is 14.9. The number of aliphatic hydroxyl groups excluding tert-OH is 1. The summed E-state index contributed by atoms with van der Waals surface area (Å²) in [7, 11) is 1.56. The van der Waals surface area contributed by atoms with Gasteiger partial charge in [0.25, 0.3) is 11.7 Å². The van der Waals surface area contributed by atoms with Gasteiger partial charge in [-0.05, 0) is 67.4 Å². The minimum atomic E-state index is -0.863. The van der Waals surface area contributed by atoms with Gasteiger partial charge in [0.05, 0.1) is 25.6 Å². The first kappa shape index (κ1) is 22.2. The lowest BCUT2D eigenvalue weighted by molar-refractivity contribution is -0.140. The Kier molecular flexibility index (Phi) is 6.22. The highest BCUT2D eigenvalue weighted by Crippen LogP contribution is 2.41. The molecule has 0 saturated carbocycles. The van der Waals surface area contributed by atoms with Crippen LogP contribution < -0.4 is 9.47 Å². The number of carbonyl (C=O) groups is 2. The summed E-state index contributed by atoms with van der Waals surface area (Å²) in [5.41, 5.74) is 1.99. The maximum Gasteiger partial charge on any atom is 0.296 e. The van der Waals surface area contributed by atoms with E-state index in [1.165, 1.54) is 11.2 Å². The highest BCUT2D eigenvalue weighted by Gasteiger charge is 2.47. The van der Waals surface area contributed by atoms with Crippen LogP contribution in [0.2, 0.25) is 0 Å². The van der Waals surface area contributed by atoms with Gasteiger partial charge in [0.1, 0.15) is 29.1 Å². The third kappa shape index (κ3) is 4.22. The molecule has 7 nitrogen and oxygen atoms in total. The van der Waals surface area contributed by atoms with Crippen LogP contribution in [0.3, 0.4) is 0 Å². The summed E-state index contributed by atoms with van der Waals surface area (Å²) in [5, 5.41) is 11.1. The zero-order valence-electron chi connectivity index (χ0n) is 18.7. The minimum Gasteiger partial charge on any atom is -0.507 e. The number of ether oxygens (including phenoxy) is 2. The number of amides is 1. The number of furan rings is 1. The van der Waals surface area contributed by atoms with E-state index in [0.29, 0.717) is 29.4 Å². The Morgan fingerprint density at radius 2 is 1.94 bits per heavy atom. The molecule has 0 spiro atoms. The van der Waals surface area contributed by atoms with E-state index >= 15 is 0 Å². The Bertz CT molecular complexity index is 1210. The van der Waals surface area contributed by atoms with Gasteiger partial charge in [-0.25, -0.2) is 0 Å². The molecule has 3 aromatic rings. The minimum absolute atomic E-state index is 0.0134. The molecule has 1 atom stereocenters. The lowest BCUT2D eigenvalue weighted by atomic mass is 9.98. The number of ketones is 1. The number of hydrogen-bond acceptors (Lipinski definition) is 6. The molecule has 4 rings (SSSR count). The fourth-order valence-electron chi connectivity index (χ4n) is 4.06. The number of aryl methyl sites for hydroxylation is 1. The van der Waals surface area contributed by atoms with E-state index in [1.54, 1.807) is 37.4 Å². The molecule has 1 saturated heterocycles. The molecule has 1 aromatic heterocycles. The van der Waals surface area contributed by atoms with Crippen LogP contribution in [0.15, 0.2) is 70.9 Å². The molecule has 2 aromatic carbocycles. The normalized spacial score (nSPS) is 17.4. The van der Waals surface area contributed by atoms with Gasteiger partial charge in [-0.3, -0.25) is 9.59 Å². The quantitative estimate of drug-likeness (QED) is 0.323. The van der Waals surface area contributed by atoms with Gasteiger partial charge < -0.3 is 23.9 Å². The molecular formula is C26H25NO6. The van der Waals surface area contributed by atoms with Crippen molar-refractivity contribution in [2.45, 2.75) is 26.4 Å². The predicted molar refractivity (Wildman–Crippen MR) is 122 cm³/mol. The van der Waals surface area contributed by atoms with Crippen molar-refractivity contribution in [3.8, 4) is 11.5 Å². The van der Waals surface area contributed by atoms with Crippen LogP contribution in [-0.4, -0.2) is 35.4 Å². The Labute approximate surface area is 191 Å². The molecule has 1 unspecified atom stereocenters. The summed E-state index contributed by atoms with van der Waals surface area (Å²) < 4.78 is 16.4. The van der Waals surface area contributed by atoms with Gasteiger partial charge in [-0.1, -0.05) is 12.1 Å². The van der Waals surface area contributed by atoms with Gasteiger partial charge in [0.2, 0.25) is 0 Å². The van der Waals surface area contributed by atoms with Crippen molar-refractivity contribution in [1.82, 2.24) is 4.90 Å². The molecule has 7 heteroatoms. The molecule has 170 valence electrons. The number of hydrogen-bond donors (Lipinski definition) is 1. The highest BCUT2D eigenvalue weighted by molar-refractivity contribution is 6.46. The van der Waals surface area contributed by atoms with Crippen LogP contribution >= 0.6 is 0 Å². The number of likely N-dealkylation sites (tertiary alicyclic amines) is 1. The maximum absolute atomic E-state index is 13.1. The average molecular weight is 447 g/mol. The van der Waals surface area contributed by atoms with Gasteiger partial charge in [-0.2, -0.15) is 0 Å². The van der Waals surface area contributed by atoms with E-state index in [-0.39, 0.29) is 17.9 Å². The van der Waals surface area contributed by atoms with E-state index in [4.69, 9.17) is 13.9 Å². The summed E-state index contributed by atoms with van der Waals surface area (Å²) in [4.78, 5) is 27.6.